The number of ether oxygens (including phenoxy) is 1. The predicted molar refractivity (Wildman–Crippen MR) is 132 cm³/mol. The number of carbonyl (C=O) groups excluding carboxylic acids is 2. The highest BCUT2D eigenvalue weighted by Gasteiger charge is 2.14. The Morgan fingerprint density at radius 2 is 1.70 bits per heavy atom. The zero-order chi connectivity index (χ0) is 23.8. The summed E-state index contributed by atoms with van der Waals surface area (Å²) in [7, 11) is 0. The van der Waals surface area contributed by atoms with Crippen LogP contribution in [0.5, 0.6) is 5.75 Å². The molecule has 0 heterocycles. The topological polar surface area (TPSA) is 79.8 Å². The molecule has 0 aliphatic heterocycles. The molecule has 9 heteroatoms. The largest absolute Gasteiger partial charge is 0.488 e. The van der Waals surface area contributed by atoms with Gasteiger partial charge in [-0.1, -0.05) is 66.0 Å². The molecule has 0 spiro atoms. The third-order valence-electron chi connectivity index (χ3n) is 4.63. The summed E-state index contributed by atoms with van der Waals surface area (Å²) in [6.07, 6.45) is 2.05. The second-order valence-electron chi connectivity index (χ2n) is 6.83. The Labute approximate surface area is 206 Å². The van der Waals surface area contributed by atoms with Gasteiger partial charge in [0, 0.05) is 31.9 Å². The standard InChI is InChI=1S/C24H20Cl3N3O3/c1-2-15-6-3-4-9-21(15)29-23(31)24(32)30-28-13-16-12-17(25)10-11-22(16)33-14-18-19(26)7-5-8-20(18)27/h3-13H,2,14H2,1H3,(H,29,31)(H,30,32)/b28-13-. The summed E-state index contributed by atoms with van der Waals surface area (Å²) >= 11 is 18.5. The van der Waals surface area contributed by atoms with Crippen LogP contribution in [0.15, 0.2) is 65.8 Å². The van der Waals surface area contributed by atoms with Gasteiger partial charge in [-0.3, -0.25) is 9.59 Å². The van der Waals surface area contributed by atoms with Crippen molar-refractivity contribution in [3.8, 4) is 5.75 Å². The molecule has 0 radical (unpaired) electrons. The molecule has 2 amide bonds. The second kappa shape index (κ2) is 11.7. The minimum Gasteiger partial charge on any atom is -0.488 e. The van der Waals surface area contributed by atoms with Gasteiger partial charge in [0.05, 0.1) is 6.21 Å². The van der Waals surface area contributed by atoms with E-state index in [0.717, 1.165) is 5.56 Å². The number of halogens is 3. The molecule has 3 aromatic rings. The van der Waals surface area contributed by atoms with Gasteiger partial charge in [0.1, 0.15) is 12.4 Å². The number of benzene rings is 3. The molecule has 0 aliphatic rings. The summed E-state index contributed by atoms with van der Waals surface area (Å²) in [6.45, 7) is 2.08. The van der Waals surface area contributed by atoms with Crippen molar-refractivity contribution in [1.29, 1.82) is 0 Å². The lowest BCUT2D eigenvalue weighted by atomic mass is 10.1. The highest BCUT2D eigenvalue weighted by atomic mass is 35.5. The maximum Gasteiger partial charge on any atom is 0.329 e. The zero-order valence-corrected chi connectivity index (χ0v) is 19.8. The monoisotopic (exact) mass is 503 g/mol. The molecule has 0 bridgehead atoms. The quantitative estimate of drug-likeness (QED) is 0.240. The predicted octanol–water partition coefficient (Wildman–Crippen LogP) is 5.88. The van der Waals surface area contributed by atoms with E-state index in [1.165, 1.54) is 6.21 Å². The fourth-order valence-corrected chi connectivity index (χ4v) is 3.60. The first kappa shape index (κ1) is 24.6. The van der Waals surface area contributed by atoms with Crippen LogP contribution in [0.2, 0.25) is 15.1 Å². The molecule has 0 aromatic heterocycles. The van der Waals surface area contributed by atoms with Crippen molar-refractivity contribution in [3.63, 3.8) is 0 Å². The minimum atomic E-state index is -0.912. The van der Waals surface area contributed by atoms with Gasteiger partial charge < -0.3 is 10.1 Å². The van der Waals surface area contributed by atoms with Crippen LogP contribution in [0.4, 0.5) is 5.69 Å². The number of hydrazone groups is 1. The molecule has 0 fully saturated rings. The molecule has 170 valence electrons. The first-order valence-corrected chi connectivity index (χ1v) is 11.1. The van der Waals surface area contributed by atoms with Crippen LogP contribution < -0.4 is 15.5 Å². The first-order chi connectivity index (χ1) is 15.9. The molecule has 0 aliphatic carbocycles. The number of amides is 2. The van der Waals surface area contributed by atoms with Crippen LogP contribution in [0.3, 0.4) is 0 Å². The number of para-hydroxylation sites is 1. The van der Waals surface area contributed by atoms with Gasteiger partial charge in [0.15, 0.2) is 0 Å². The van der Waals surface area contributed by atoms with Crippen molar-refractivity contribution in [3.05, 3.63) is 92.4 Å². The van der Waals surface area contributed by atoms with E-state index in [4.69, 9.17) is 39.5 Å². The van der Waals surface area contributed by atoms with E-state index >= 15 is 0 Å². The lowest BCUT2D eigenvalue weighted by molar-refractivity contribution is -0.136. The summed E-state index contributed by atoms with van der Waals surface area (Å²) < 4.78 is 5.84. The van der Waals surface area contributed by atoms with Crippen molar-refractivity contribution < 1.29 is 14.3 Å². The summed E-state index contributed by atoms with van der Waals surface area (Å²) in [6, 6.07) is 17.4. The van der Waals surface area contributed by atoms with Gasteiger partial charge in [0.2, 0.25) is 0 Å². The average Bonchev–Trinajstić information content (AvgIpc) is 2.80. The summed E-state index contributed by atoms with van der Waals surface area (Å²) in [5, 5.41) is 7.85. The Morgan fingerprint density at radius 3 is 2.42 bits per heavy atom. The molecule has 0 unspecified atom stereocenters. The molecule has 3 aromatic carbocycles. The summed E-state index contributed by atoms with van der Waals surface area (Å²) in [5.41, 5.74) is 4.82. The highest BCUT2D eigenvalue weighted by Crippen LogP contribution is 2.28. The average molecular weight is 505 g/mol. The molecule has 2 N–H and O–H groups in total. The van der Waals surface area contributed by atoms with Crippen molar-refractivity contribution in [2.45, 2.75) is 20.0 Å². The number of anilines is 1. The first-order valence-electron chi connectivity index (χ1n) is 9.96. The summed E-state index contributed by atoms with van der Waals surface area (Å²) in [4.78, 5) is 24.4. The van der Waals surface area contributed by atoms with Crippen LogP contribution in [0.25, 0.3) is 0 Å². The van der Waals surface area contributed by atoms with Gasteiger partial charge in [-0.25, -0.2) is 5.43 Å². The fourth-order valence-electron chi connectivity index (χ4n) is 2.91. The SMILES string of the molecule is CCc1ccccc1NC(=O)C(=O)N/N=C\c1cc(Cl)ccc1OCc1c(Cl)cccc1Cl. The van der Waals surface area contributed by atoms with Gasteiger partial charge >= 0.3 is 11.8 Å². The Balaban J connectivity index is 1.66. The van der Waals surface area contributed by atoms with E-state index in [9.17, 15) is 9.59 Å². The van der Waals surface area contributed by atoms with Crippen LogP contribution in [-0.2, 0) is 22.6 Å². The second-order valence-corrected chi connectivity index (χ2v) is 8.09. The molecule has 3 rings (SSSR count). The number of rotatable bonds is 7. The normalized spacial score (nSPS) is 10.8. The van der Waals surface area contributed by atoms with Crippen LogP contribution >= 0.6 is 34.8 Å². The zero-order valence-electron chi connectivity index (χ0n) is 17.6. The number of nitrogens with one attached hydrogen (secondary N) is 2. The van der Waals surface area contributed by atoms with E-state index in [0.29, 0.717) is 44.1 Å². The van der Waals surface area contributed by atoms with Crippen molar-refractivity contribution in [1.82, 2.24) is 5.43 Å². The van der Waals surface area contributed by atoms with Crippen molar-refractivity contribution >= 4 is 58.5 Å². The Morgan fingerprint density at radius 1 is 0.970 bits per heavy atom. The summed E-state index contributed by atoms with van der Waals surface area (Å²) in [5.74, 6) is -1.30. The van der Waals surface area contributed by atoms with E-state index < -0.39 is 11.8 Å². The number of nitrogens with zero attached hydrogens (tertiary/aromatic N) is 1. The molecule has 33 heavy (non-hydrogen) atoms. The highest BCUT2D eigenvalue weighted by molar-refractivity contribution is 6.39. The smallest absolute Gasteiger partial charge is 0.329 e. The minimum absolute atomic E-state index is 0.118. The van der Waals surface area contributed by atoms with Crippen molar-refractivity contribution in [2.24, 2.45) is 5.10 Å². The van der Waals surface area contributed by atoms with Gasteiger partial charge in [-0.2, -0.15) is 5.10 Å². The maximum absolute atomic E-state index is 12.2. The molecule has 0 atom stereocenters. The van der Waals surface area contributed by atoms with Gasteiger partial charge in [-0.05, 0) is 48.4 Å². The maximum atomic E-state index is 12.2. The van der Waals surface area contributed by atoms with E-state index in [1.807, 2.05) is 19.1 Å². The fraction of sp³-hybridized carbons (Fsp3) is 0.125. The van der Waals surface area contributed by atoms with Gasteiger partial charge in [0.25, 0.3) is 0 Å². The van der Waals surface area contributed by atoms with E-state index in [2.05, 4.69) is 15.8 Å². The van der Waals surface area contributed by atoms with Gasteiger partial charge in [-0.15, -0.1) is 0 Å². The Kier molecular flexibility index (Phi) is 8.72. The third kappa shape index (κ3) is 6.71. The molecular weight excluding hydrogens is 485 g/mol. The number of carbonyl (C=O) groups is 2. The Hall–Kier alpha value is -3.06. The number of hydrogen-bond donors (Lipinski definition) is 2. The molecule has 0 saturated carbocycles. The number of hydrogen-bond acceptors (Lipinski definition) is 4. The van der Waals surface area contributed by atoms with E-state index in [-0.39, 0.29) is 6.61 Å². The van der Waals surface area contributed by atoms with E-state index in [1.54, 1.807) is 48.5 Å². The third-order valence-corrected chi connectivity index (χ3v) is 5.57. The lowest BCUT2D eigenvalue weighted by Crippen LogP contribution is -2.32. The van der Waals surface area contributed by atoms with Crippen molar-refractivity contribution in [2.75, 3.05) is 5.32 Å². The van der Waals surface area contributed by atoms with Crippen LogP contribution in [0.1, 0.15) is 23.6 Å². The number of aryl methyl sites for hydroxylation is 1. The Bertz CT molecular complexity index is 1180. The van der Waals surface area contributed by atoms with Crippen LogP contribution in [0, 0.1) is 0 Å². The lowest BCUT2D eigenvalue weighted by Gasteiger charge is -2.12. The molecule has 0 saturated heterocycles. The molecular formula is C24H20Cl3N3O3. The molecule has 6 nitrogen and oxygen atoms in total. The van der Waals surface area contributed by atoms with Crippen LogP contribution in [-0.4, -0.2) is 18.0 Å².